The van der Waals surface area contributed by atoms with E-state index in [4.69, 9.17) is 9.47 Å². The Balaban J connectivity index is 1.95. The van der Waals surface area contributed by atoms with Gasteiger partial charge in [-0.25, -0.2) is 13.6 Å². The predicted molar refractivity (Wildman–Crippen MR) is 115 cm³/mol. The molecule has 0 fully saturated rings. The van der Waals surface area contributed by atoms with Gasteiger partial charge in [0, 0.05) is 19.4 Å². The number of allylic oxidation sites excluding steroid dienone is 5. The lowest BCUT2D eigenvalue weighted by Gasteiger charge is -2.16. The number of hydrogen-bond acceptors (Lipinski definition) is 3. The van der Waals surface area contributed by atoms with Crippen LogP contribution in [-0.4, -0.2) is 36.1 Å². The summed E-state index contributed by atoms with van der Waals surface area (Å²) in [5.74, 6) is 4.18. The maximum absolute atomic E-state index is 14.4. The van der Waals surface area contributed by atoms with Crippen molar-refractivity contribution >= 4 is 21.9 Å². The Morgan fingerprint density at radius 1 is 1.47 bits per heavy atom. The molecule has 0 saturated heterocycles. The predicted octanol–water partition coefficient (Wildman–Crippen LogP) is 5.33. The lowest BCUT2D eigenvalue weighted by molar-refractivity contribution is -0.149. The molecule has 0 aromatic heterocycles. The summed E-state index contributed by atoms with van der Waals surface area (Å²) in [5, 5.41) is 9.19. The first-order valence-electron chi connectivity index (χ1n) is 9.41. The minimum Gasteiger partial charge on any atom is -0.488 e. The molecule has 30 heavy (non-hydrogen) atoms. The lowest BCUT2D eigenvalue weighted by atomic mass is 9.97. The zero-order valence-corrected chi connectivity index (χ0v) is 18.3. The van der Waals surface area contributed by atoms with Crippen LogP contribution in [0.5, 0.6) is 5.75 Å². The fourth-order valence-corrected chi connectivity index (χ4v) is 3.23. The number of ether oxygens (including phenoxy) is 2. The van der Waals surface area contributed by atoms with Crippen LogP contribution in [0.1, 0.15) is 25.8 Å². The number of carbonyl (C=O) groups is 1. The number of rotatable bonds is 8. The van der Waals surface area contributed by atoms with Crippen molar-refractivity contribution < 1.29 is 28.2 Å². The Labute approximate surface area is 183 Å². The molecule has 0 bridgehead atoms. The van der Waals surface area contributed by atoms with E-state index in [1.807, 2.05) is 0 Å². The molecule has 0 amide bonds. The summed E-state index contributed by atoms with van der Waals surface area (Å²) in [7, 11) is 0. The van der Waals surface area contributed by atoms with Gasteiger partial charge in [-0.2, -0.15) is 0 Å². The van der Waals surface area contributed by atoms with E-state index in [9.17, 15) is 18.7 Å². The minimum atomic E-state index is -2.00. The monoisotopic (exact) mass is 480 g/mol. The molecule has 1 aliphatic rings. The topological polar surface area (TPSA) is 55.8 Å². The van der Waals surface area contributed by atoms with Crippen LogP contribution in [0.2, 0.25) is 0 Å². The van der Waals surface area contributed by atoms with Gasteiger partial charge in [0.05, 0.1) is 4.47 Å². The third kappa shape index (κ3) is 7.43. The molecule has 1 aromatic carbocycles. The summed E-state index contributed by atoms with van der Waals surface area (Å²) in [6.45, 7) is 3.99. The second-order valence-electron chi connectivity index (χ2n) is 6.71. The molecule has 1 aromatic rings. The second kappa shape index (κ2) is 11.1. The molecule has 0 heterocycles. The Morgan fingerprint density at radius 2 is 2.23 bits per heavy atom. The summed E-state index contributed by atoms with van der Waals surface area (Å²) >= 11 is 3.42. The van der Waals surface area contributed by atoms with Crippen LogP contribution in [0.15, 0.2) is 58.4 Å². The van der Waals surface area contributed by atoms with Crippen molar-refractivity contribution in [3.8, 4) is 17.6 Å². The summed E-state index contributed by atoms with van der Waals surface area (Å²) in [5.41, 5.74) is -0.602. The maximum atomic E-state index is 14.4. The highest BCUT2D eigenvalue weighted by Crippen LogP contribution is 2.28. The Hall–Kier alpha value is -2.43. The van der Waals surface area contributed by atoms with E-state index in [0.29, 0.717) is 22.4 Å². The molecule has 0 spiro atoms. The van der Waals surface area contributed by atoms with Gasteiger partial charge in [0.1, 0.15) is 18.2 Å². The van der Waals surface area contributed by atoms with Crippen LogP contribution < -0.4 is 4.74 Å². The molecular weight excluding hydrogens is 458 g/mol. The highest BCUT2D eigenvalue weighted by molar-refractivity contribution is 9.10. The molecule has 1 unspecified atom stereocenters. The fourth-order valence-electron chi connectivity index (χ4n) is 2.69. The average Bonchev–Trinajstić information content (AvgIpc) is 2.67. The van der Waals surface area contributed by atoms with E-state index < -0.39 is 23.6 Å². The maximum Gasteiger partial charge on any atom is 0.333 e. The van der Waals surface area contributed by atoms with Gasteiger partial charge in [-0.1, -0.05) is 24.0 Å². The number of alkyl halides is 1. The van der Waals surface area contributed by atoms with E-state index >= 15 is 0 Å². The van der Waals surface area contributed by atoms with Crippen molar-refractivity contribution in [2.45, 2.75) is 38.5 Å². The molecule has 160 valence electrons. The zero-order valence-electron chi connectivity index (χ0n) is 16.8. The van der Waals surface area contributed by atoms with Gasteiger partial charge >= 0.3 is 5.97 Å². The van der Waals surface area contributed by atoms with Crippen molar-refractivity contribution in [1.82, 2.24) is 0 Å². The van der Waals surface area contributed by atoms with E-state index in [-0.39, 0.29) is 19.4 Å². The Morgan fingerprint density at radius 3 is 2.87 bits per heavy atom. The number of hydrogen-bond donors (Lipinski definition) is 1. The first kappa shape index (κ1) is 23.8. The summed E-state index contributed by atoms with van der Waals surface area (Å²) < 4.78 is 39.2. The van der Waals surface area contributed by atoms with Gasteiger partial charge in [0.15, 0.2) is 11.8 Å². The van der Waals surface area contributed by atoms with E-state index in [1.165, 1.54) is 18.2 Å². The quantitative estimate of drug-likeness (QED) is 0.510. The van der Waals surface area contributed by atoms with Crippen LogP contribution in [0.25, 0.3) is 0 Å². The fraction of sp³-hybridized carbons (Fsp3) is 0.348. The van der Waals surface area contributed by atoms with E-state index in [1.54, 1.807) is 38.1 Å². The SMILES string of the molecule is CCO[C@@H](Cc1ccc(OCC=C(C)C#CC2(F)C=CC=C(F)C2)c(Br)c1)C(=O)O. The van der Waals surface area contributed by atoms with Crippen molar-refractivity contribution in [1.29, 1.82) is 0 Å². The van der Waals surface area contributed by atoms with E-state index in [0.717, 1.165) is 5.56 Å². The highest BCUT2D eigenvalue weighted by atomic mass is 79.9. The third-order valence-corrected chi connectivity index (χ3v) is 4.84. The van der Waals surface area contributed by atoms with Gasteiger partial charge in [-0.15, -0.1) is 0 Å². The van der Waals surface area contributed by atoms with Gasteiger partial charge in [-0.05, 0) is 71.3 Å². The highest BCUT2D eigenvalue weighted by Gasteiger charge is 2.27. The molecule has 1 N–H and O–H groups in total. The van der Waals surface area contributed by atoms with Crippen LogP contribution in [0.3, 0.4) is 0 Å². The number of carboxylic acid groups (broad SMARTS) is 1. The number of aliphatic carboxylic acids is 1. The largest absolute Gasteiger partial charge is 0.488 e. The molecule has 4 nitrogen and oxygen atoms in total. The van der Waals surface area contributed by atoms with Gasteiger partial charge in [-0.3, -0.25) is 0 Å². The molecular formula is C23H23BrF2O4. The minimum absolute atomic E-state index is 0.207. The zero-order chi connectivity index (χ0) is 22.1. The summed E-state index contributed by atoms with van der Waals surface area (Å²) in [4.78, 5) is 11.2. The second-order valence-corrected chi connectivity index (χ2v) is 7.57. The molecule has 7 heteroatoms. The van der Waals surface area contributed by atoms with Crippen molar-refractivity contribution in [2.24, 2.45) is 0 Å². The molecule has 1 aliphatic carbocycles. The van der Waals surface area contributed by atoms with Gasteiger partial charge in [0.25, 0.3) is 0 Å². The lowest BCUT2D eigenvalue weighted by Crippen LogP contribution is -2.26. The number of halogens is 3. The smallest absolute Gasteiger partial charge is 0.333 e. The average molecular weight is 481 g/mol. The van der Waals surface area contributed by atoms with Crippen LogP contribution in [0.4, 0.5) is 8.78 Å². The first-order chi connectivity index (χ1) is 14.2. The molecule has 0 radical (unpaired) electrons. The molecule has 2 atom stereocenters. The van der Waals surface area contributed by atoms with E-state index in [2.05, 4.69) is 27.8 Å². The van der Waals surface area contributed by atoms with Crippen molar-refractivity contribution in [3.05, 3.63) is 63.9 Å². The third-order valence-electron chi connectivity index (χ3n) is 4.22. The molecule has 0 aliphatic heterocycles. The normalized spacial score (nSPS) is 19.5. The Kier molecular flexibility index (Phi) is 8.82. The van der Waals surface area contributed by atoms with Crippen molar-refractivity contribution in [3.63, 3.8) is 0 Å². The van der Waals surface area contributed by atoms with Crippen LogP contribution >= 0.6 is 15.9 Å². The summed E-state index contributed by atoms with van der Waals surface area (Å²) in [6.07, 6.45) is 4.44. The summed E-state index contributed by atoms with van der Waals surface area (Å²) in [6, 6.07) is 5.29. The number of carboxylic acids is 1. The standard InChI is InChI=1S/C23H23BrF2O4/c1-3-29-21(22(27)28)14-17-6-7-20(19(24)13-17)30-12-9-16(2)8-11-23(26)10-4-5-18(25)15-23/h4-7,9-10,13,21H,3,12,14-15H2,1-2H3,(H,27,28)/t21-,23?/m0/s1. The number of benzene rings is 1. The van der Waals surface area contributed by atoms with Gasteiger partial charge < -0.3 is 14.6 Å². The Bertz CT molecular complexity index is 927. The van der Waals surface area contributed by atoms with Crippen LogP contribution in [0, 0.1) is 11.8 Å². The first-order valence-corrected chi connectivity index (χ1v) is 10.2. The molecule has 2 rings (SSSR count). The molecule has 0 saturated carbocycles. The van der Waals surface area contributed by atoms with Crippen molar-refractivity contribution in [2.75, 3.05) is 13.2 Å². The van der Waals surface area contributed by atoms with Gasteiger partial charge in [0.2, 0.25) is 0 Å². The van der Waals surface area contributed by atoms with Crippen LogP contribution in [-0.2, 0) is 16.0 Å².